The fourth-order valence-electron chi connectivity index (χ4n) is 4.51. The van der Waals surface area contributed by atoms with E-state index in [0.29, 0.717) is 13.0 Å². The number of piperidine rings is 1. The number of rotatable bonds is 6. The van der Waals surface area contributed by atoms with Crippen molar-refractivity contribution in [3.05, 3.63) is 90.4 Å². The van der Waals surface area contributed by atoms with Crippen LogP contribution in [0.1, 0.15) is 36.4 Å². The van der Waals surface area contributed by atoms with Crippen LogP contribution in [0, 0.1) is 0 Å². The maximum absolute atomic E-state index is 13.1. The van der Waals surface area contributed by atoms with Gasteiger partial charge in [0.05, 0.1) is 25.7 Å². The maximum atomic E-state index is 13.1. The van der Waals surface area contributed by atoms with Gasteiger partial charge in [-0.2, -0.15) is 0 Å². The number of likely N-dealkylation sites (tertiary alicyclic amines) is 1. The molecule has 5 rings (SSSR count). The molecule has 3 aromatic carbocycles. The predicted molar refractivity (Wildman–Crippen MR) is 123 cm³/mol. The molecule has 0 N–H and O–H groups in total. The number of nitrogens with zero attached hydrogens (tertiary/aromatic N) is 1. The van der Waals surface area contributed by atoms with Crippen molar-refractivity contribution in [3.8, 4) is 17.2 Å². The molecule has 1 unspecified atom stereocenters. The van der Waals surface area contributed by atoms with Crippen LogP contribution in [0.3, 0.4) is 0 Å². The molecule has 2 heterocycles. The summed E-state index contributed by atoms with van der Waals surface area (Å²) in [6.45, 7) is 0.507. The van der Waals surface area contributed by atoms with Gasteiger partial charge >= 0.3 is 0 Å². The highest BCUT2D eigenvalue weighted by Gasteiger charge is 2.32. The Kier molecular flexibility index (Phi) is 5.55. The standard InChI is InChI=1S/C27H25NO4/c1-30-25-14-13-20-17-31-18-23(20)27(25)24-11-6-12-26(29)28(24)16-19-7-5-10-22(15-19)32-21-8-3-2-4-9-21/h2-5,7-10,13-15,17-18,24H,6,11-12,16H2,1H3. The second-order valence-corrected chi connectivity index (χ2v) is 8.05. The molecule has 4 aromatic rings. The van der Waals surface area contributed by atoms with Crippen molar-refractivity contribution < 1.29 is 18.7 Å². The van der Waals surface area contributed by atoms with Gasteiger partial charge in [-0.3, -0.25) is 4.79 Å². The number of amides is 1. The molecule has 0 aliphatic carbocycles. The largest absolute Gasteiger partial charge is 0.496 e. The number of hydrogen-bond donors (Lipinski definition) is 0. The lowest BCUT2D eigenvalue weighted by Gasteiger charge is -2.37. The van der Waals surface area contributed by atoms with Crippen LogP contribution in [0.2, 0.25) is 0 Å². The minimum atomic E-state index is -0.0776. The fourth-order valence-corrected chi connectivity index (χ4v) is 4.51. The number of methoxy groups -OCH3 is 1. The number of fused-ring (bicyclic) bond motifs is 1. The van der Waals surface area contributed by atoms with Crippen molar-refractivity contribution in [3.63, 3.8) is 0 Å². The van der Waals surface area contributed by atoms with Gasteiger partial charge in [-0.25, -0.2) is 0 Å². The zero-order valence-corrected chi connectivity index (χ0v) is 18.0. The van der Waals surface area contributed by atoms with Gasteiger partial charge in [-0.05, 0) is 54.8 Å². The summed E-state index contributed by atoms with van der Waals surface area (Å²) in [5.41, 5.74) is 2.04. The summed E-state index contributed by atoms with van der Waals surface area (Å²) in [5.74, 6) is 2.47. The third-order valence-corrected chi connectivity index (χ3v) is 6.01. The Hall–Kier alpha value is -3.73. The van der Waals surface area contributed by atoms with Crippen LogP contribution < -0.4 is 9.47 Å². The summed E-state index contributed by atoms with van der Waals surface area (Å²) in [7, 11) is 1.67. The molecule has 0 spiro atoms. The van der Waals surface area contributed by atoms with Crippen LogP contribution in [-0.2, 0) is 11.3 Å². The Morgan fingerprint density at radius 1 is 1.00 bits per heavy atom. The molecule has 1 atom stereocenters. The first kappa shape index (κ1) is 20.2. The van der Waals surface area contributed by atoms with Crippen molar-refractivity contribution in [2.45, 2.75) is 31.8 Å². The van der Waals surface area contributed by atoms with Crippen molar-refractivity contribution in [2.75, 3.05) is 7.11 Å². The highest BCUT2D eigenvalue weighted by Crippen LogP contribution is 2.42. The molecule has 0 bridgehead atoms. The molecule has 32 heavy (non-hydrogen) atoms. The smallest absolute Gasteiger partial charge is 0.223 e. The van der Waals surface area contributed by atoms with E-state index in [4.69, 9.17) is 13.9 Å². The second kappa shape index (κ2) is 8.79. The first-order valence-corrected chi connectivity index (χ1v) is 10.9. The van der Waals surface area contributed by atoms with E-state index >= 15 is 0 Å². The molecule has 1 aliphatic heterocycles. The number of hydrogen-bond acceptors (Lipinski definition) is 4. The summed E-state index contributed by atoms with van der Waals surface area (Å²) in [4.78, 5) is 15.0. The van der Waals surface area contributed by atoms with Gasteiger partial charge in [0.2, 0.25) is 5.91 Å². The van der Waals surface area contributed by atoms with E-state index < -0.39 is 0 Å². The lowest BCUT2D eigenvalue weighted by atomic mass is 9.91. The fraction of sp³-hybridized carbons (Fsp3) is 0.222. The first-order chi connectivity index (χ1) is 15.7. The van der Waals surface area contributed by atoms with Crippen LogP contribution >= 0.6 is 0 Å². The molecule has 1 aliphatic rings. The Bertz CT molecular complexity index is 1230. The average Bonchev–Trinajstić information content (AvgIpc) is 3.30. The summed E-state index contributed by atoms with van der Waals surface area (Å²) in [6.07, 6.45) is 5.78. The first-order valence-electron chi connectivity index (χ1n) is 10.9. The quantitative estimate of drug-likeness (QED) is 0.353. The zero-order valence-electron chi connectivity index (χ0n) is 18.0. The molecule has 1 amide bonds. The Morgan fingerprint density at radius 3 is 2.69 bits per heavy atom. The maximum Gasteiger partial charge on any atom is 0.223 e. The summed E-state index contributed by atoms with van der Waals surface area (Å²) in [6, 6.07) is 21.5. The Balaban J connectivity index is 1.47. The normalized spacial score (nSPS) is 16.3. The van der Waals surface area contributed by atoms with Gasteiger partial charge in [0.1, 0.15) is 17.2 Å². The molecular weight excluding hydrogens is 402 g/mol. The van der Waals surface area contributed by atoms with Crippen LogP contribution in [-0.4, -0.2) is 17.9 Å². The monoisotopic (exact) mass is 427 g/mol. The molecule has 0 saturated carbocycles. The van der Waals surface area contributed by atoms with Gasteiger partial charge in [-0.15, -0.1) is 0 Å². The summed E-state index contributed by atoms with van der Waals surface area (Å²) < 4.78 is 17.2. The van der Waals surface area contributed by atoms with Crippen molar-refractivity contribution >= 4 is 16.7 Å². The van der Waals surface area contributed by atoms with Gasteiger partial charge in [0, 0.05) is 29.3 Å². The minimum absolute atomic E-state index is 0.0776. The average molecular weight is 428 g/mol. The molecule has 1 aromatic heterocycles. The molecule has 162 valence electrons. The van der Waals surface area contributed by atoms with Gasteiger partial charge in [0.25, 0.3) is 0 Å². The zero-order chi connectivity index (χ0) is 21.9. The molecule has 1 fully saturated rings. The van der Waals surface area contributed by atoms with Crippen molar-refractivity contribution in [2.24, 2.45) is 0 Å². The number of carbonyl (C=O) groups is 1. The number of carbonyl (C=O) groups excluding carboxylic acids is 1. The minimum Gasteiger partial charge on any atom is -0.496 e. The number of para-hydroxylation sites is 1. The van der Waals surface area contributed by atoms with Gasteiger partial charge < -0.3 is 18.8 Å². The highest BCUT2D eigenvalue weighted by molar-refractivity contribution is 5.88. The van der Waals surface area contributed by atoms with E-state index in [-0.39, 0.29) is 11.9 Å². The Morgan fingerprint density at radius 2 is 1.84 bits per heavy atom. The second-order valence-electron chi connectivity index (χ2n) is 8.05. The van der Waals surface area contributed by atoms with Gasteiger partial charge in [0.15, 0.2) is 0 Å². The molecular formula is C27H25NO4. The molecule has 5 heteroatoms. The summed E-state index contributed by atoms with van der Waals surface area (Å²) >= 11 is 0. The lowest BCUT2D eigenvalue weighted by Crippen LogP contribution is -2.37. The number of ether oxygens (including phenoxy) is 2. The molecule has 0 radical (unpaired) electrons. The summed E-state index contributed by atoms with van der Waals surface area (Å²) in [5, 5.41) is 2.01. The van der Waals surface area contributed by atoms with Crippen molar-refractivity contribution in [1.29, 1.82) is 0 Å². The van der Waals surface area contributed by atoms with Crippen LogP contribution in [0.15, 0.2) is 83.7 Å². The van der Waals surface area contributed by atoms with E-state index in [1.165, 1.54) is 0 Å². The highest BCUT2D eigenvalue weighted by atomic mass is 16.5. The third kappa shape index (κ3) is 3.94. The predicted octanol–water partition coefficient (Wildman–Crippen LogP) is 6.49. The Labute approximate surface area is 187 Å². The van der Waals surface area contributed by atoms with Crippen LogP contribution in [0.5, 0.6) is 17.2 Å². The molecule has 5 nitrogen and oxygen atoms in total. The van der Waals surface area contributed by atoms with E-state index in [0.717, 1.165) is 52.0 Å². The van der Waals surface area contributed by atoms with Gasteiger partial charge in [-0.1, -0.05) is 30.3 Å². The third-order valence-electron chi connectivity index (χ3n) is 6.01. The van der Waals surface area contributed by atoms with Crippen molar-refractivity contribution in [1.82, 2.24) is 4.90 Å². The van der Waals surface area contributed by atoms with Crippen LogP contribution in [0.4, 0.5) is 0 Å². The van der Waals surface area contributed by atoms with E-state index in [1.54, 1.807) is 19.6 Å². The number of benzene rings is 3. The SMILES string of the molecule is COc1ccc2cocc2c1C1CCCC(=O)N1Cc1cccc(Oc2ccccc2)c1. The molecule has 1 saturated heterocycles. The van der Waals surface area contributed by atoms with E-state index in [2.05, 4.69) is 0 Å². The lowest BCUT2D eigenvalue weighted by molar-refractivity contribution is -0.137. The topological polar surface area (TPSA) is 51.9 Å². The van der Waals surface area contributed by atoms with Crippen LogP contribution in [0.25, 0.3) is 10.8 Å². The number of furan rings is 1. The van der Waals surface area contributed by atoms with E-state index in [9.17, 15) is 4.79 Å². The van der Waals surface area contributed by atoms with E-state index in [1.807, 2.05) is 71.6 Å².